The van der Waals surface area contributed by atoms with Crippen molar-refractivity contribution in [3.8, 4) is 22.8 Å². The highest BCUT2D eigenvalue weighted by Crippen LogP contribution is 2.38. The first-order chi connectivity index (χ1) is 13.9. The summed E-state index contributed by atoms with van der Waals surface area (Å²) in [6.07, 6.45) is 2.53. The number of pyridine rings is 1. The van der Waals surface area contributed by atoms with E-state index in [2.05, 4.69) is 0 Å². The van der Waals surface area contributed by atoms with Gasteiger partial charge in [0.25, 0.3) is 0 Å². The Morgan fingerprint density at radius 2 is 1.93 bits per heavy atom. The molecule has 0 amide bonds. The summed E-state index contributed by atoms with van der Waals surface area (Å²) in [6.45, 7) is 0.788. The largest absolute Gasteiger partial charge is 0.493 e. The molecule has 0 atom stereocenters. The average molecular weight is 403 g/mol. The van der Waals surface area contributed by atoms with Gasteiger partial charge in [0.1, 0.15) is 12.2 Å². The highest BCUT2D eigenvalue weighted by molar-refractivity contribution is 5.87. The van der Waals surface area contributed by atoms with Crippen LogP contribution in [0, 0.1) is 0 Å². The van der Waals surface area contributed by atoms with Gasteiger partial charge in [-0.25, -0.2) is 9.59 Å². The van der Waals surface area contributed by atoms with Gasteiger partial charge in [-0.05, 0) is 24.1 Å². The second kappa shape index (κ2) is 8.78. The number of rotatable bonds is 9. The van der Waals surface area contributed by atoms with Crippen LogP contribution >= 0.6 is 0 Å². The zero-order valence-corrected chi connectivity index (χ0v) is 15.8. The lowest BCUT2D eigenvalue weighted by atomic mass is 9.96. The van der Waals surface area contributed by atoms with Gasteiger partial charge in [-0.1, -0.05) is 0 Å². The van der Waals surface area contributed by atoms with Crippen molar-refractivity contribution in [2.75, 3.05) is 26.9 Å². The van der Waals surface area contributed by atoms with Crippen molar-refractivity contribution in [2.24, 2.45) is 0 Å². The predicted octanol–water partition coefficient (Wildman–Crippen LogP) is 1.65. The minimum atomic E-state index is -1.25. The number of nitrogens with zero attached hydrogens (tertiary/aromatic N) is 1. The standard InChI is InChI=1S/C20H21NO8/c1-27-17-8-13-12(7-18(17)29-6-2-5-28-11-19(23)24)3-4-21-10-14(20(25)26)16(22)9-15(13)21/h7-10H,2-6,11H2,1H3,(H,23,24)(H,25,26). The minimum Gasteiger partial charge on any atom is -0.493 e. The van der Waals surface area contributed by atoms with Crippen molar-refractivity contribution in [3.05, 3.63) is 45.7 Å². The summed E-state index contributed by atoms with van der Waals surface area (Å²) >= 11 is 0. The molecular formula is C20H21NO8. The summed E-state index contributed by atoms with van der Waals surface area (Å²) in [7, 11) is 1.51. The second-order valence-electron chi connectivity index (χ2n) is 6.49. The van der Waals surface area contributed by atoms with Crippen molar-refractivity contribution in [3.63, 3.8) is 0 Å². The first-order valence-corrected chi connectivity index (χ1v) is 9.02. The van der Waals surface area contributed by atoms with E-state index in [0.717, 1.165) is 11.1 Å². The number of carboxylic acid groups (broad SMARTS) is 2. The van der Waals surface area contributed by atoms with Gasteiger partial charge in [-0.2, -0.15) is 0 Å². The smallest absolute Gasteiger partial charge is 0.341 e. The molecule has 2 N–H and O–H groups in total. The van der Waals surface area contributed by atoms with Gasteiger partial charge in [0.05, 0.1) is 26.0 Å². The molecule has 9 nitrogen and oxygen atoms in total. The van der Waals surface area contributed by atoms with Crippen LogP contribution in [0.4, 0.5) is 0 Å². The number of aromatic nitrogens is 1. The second-order valence-corrected chi connectivity index (χ2v) is 6.49. The van der Waals surface area contributed by atoms with Crippen LogP contribution in [0.25, 0.3) is 11.3 Å². The maximum absolute atomic E-state index is 12.1. The molecule has 1 aromatic carbocycles. The molecule has 1 aliphatic rings. The summed E-state index contributed by atoms with van der Waals surface area (Å²) in [6, 6.07) is 4.96. The van der Waals surface area contributed by atoms with Crippen molar-refractivity contribution in [2.45, 2.75) is 19.4 Å². The van der Waals surface area contributed by atoms with Gasteiger partial charge in [0, 0.05) is 30.8 Å². The molecule has 0 radical (unpaired) electrons. The predicted molar refractivity (Wildman–Crippen MR) is 102 cm³/mol. The number of carbonyl (C=O) groups is 2. The topological polar surface area (TPSA) is 124 Å². The summed E-state index contributed by atoms with van der Waals surface area (Å²) in [5.74, 6) is -1.23. The van der Waals surface area contributed by atoms with E-state index in [-0.39, 0.29) is 18.8 Å². The average Bonchev–Trinajstić information content (AvgIpc) is 2.69. The van der Waals surface area contributed by atoms with E-state index in [1.54, 1.807) is 10.6 Å². The number of aromatic carboxylic acids is 1. The molecule has 9 heteroatoms. The number of aryl methyl sites for hydroxylation is 2. The molecule has 1 aromatic heterocycles. The van der Waals surface area contributed by atoms with Gasteiger partial charge >= 0.3 is 11.9 Å². The molecule has 2 aromatic rings. The fourth-order valence-corrected chi connectivity index (χ4v) is 3.22. The fraction of sp³-hybridized carbons (Fsp3) is 0.350. The van der Waals surface area contributed by atoms with Crippen LogP contribution in [0.15, 0.2) is 29.2 Å². The Bertz CT molecular complexity index is 995. The lowest BCUT2D eigenvalue weighted by molar-refractivity contribution is -0.142. The molecule has 0 spiro atoms. The van der Waals surface area contributed by atoms with Gasteiger partial charge in [0.15, 0.2) is 16.9 Å². The molecule has 29 heavy (non-hydrogen) atoms. The Morgan fingerprint density at radius 1 is 1.14 bits per heavy atom. The number of benzene rings is 1. The lowest BCUT2D eigenvalue weighted by Gasteiger charge is -2.24. The maximum atomic E-state index is 12.1. The molecule has 154 valence electrons. The molecule has 0 fully saturated rings. The first kappa shape index (κ1) is 20.4. The van der Waals surface area contributed by atoms with Crippen LogP contribution in [0.3, 0.4) is 0 Å². The molecule has 2 heterocycles. The van der Waals surface area contributed by atoms with Crippen molar-refractivity contribution >= 4 is 11.9 Å². The van der Waals surface area contributed by atoms with Crippen molar-refractivity contribution < 1.29 is 34.0 Å². The zero-order chi connectivity index (χ0) is 21.0. The van der Waals surface area contributed by atoms with Gasteiger partial charge in [0.2, 0.25) is 0 Å². The Balaban J connectivity index is 1.80. The van der Waals surface area contributed by atoms with E-state index in [1.807, 2.05) is 6.07 Å². The Kier molecular flexibility index (Phi) is 6.18. The molecule has 0 saturated carbocycles. The Morgan fingerprint density at radius 3 is 2.62 bits per heavy atom. The van der Waals surface area contributed by atoms with Crippen LogP contribution in [-0.4, -0.2) is 53.6 Å². The third kappa shape index (κ3) is 4.57. The molecule has 1 aliphatic heterocycles. The number of hydrogen-bond acceptors (Lipinski definition) is 6. The van der Waals surface area contributed by atoms with Crippen LogP contribution in [0.2, 0.25) is 0 Å². The fourth-order valence-electron chi connectivity index (χ4n) is 3.22. The van der Waals surface area contributed by atoms with E-state index in [4.69, 9.17) is 24.4 Å². The van der Waals surface area contributed by atoms with E-state index in [1.165, 1.54) is 19.4 Å². The molecule has 3 rings (SSSR count). The Hall–Kier alpha value is -3.33. The van der Waals surface area contributed by atoms with Gasteiger partial charge in [-0.3, -0.25) is 4.79 Å². The minimum absolute atomic E-state index is 0.255. The quantitative estimate of drug-likeness (QED) is 0.606. The molecule has 0 aliphatic carbocycles. The van der Waals surface area contributed by atoms with Gasteiger partial charge < -0.3 is 29.0 Å². The van der Waals surface area contributed by atoms with E-state index >= 15 is 0 Å². The third-order valence-electron chi connectivity index (χ3n) is 4.56. The van der Waals surface area contributed by atoms with Crippen LogP contribution in [-0.2, 0) is 22.5 Å². The summed E-state index contributed by atoms with van der Waals surface area (Å²) in [5, 5.41) is 17.7. The monoisotopic (exact) mass is 403 g/mol. The third-order valence-corrected chi connectivity index (χ3v) is 4.56. The van der Waals surface area contributed by atoms with Gasteiger partial charge in [-0.15, -0.1) is 0 Å². The normalized spacial score (nSPS) is 12.0. The lowest BCUT2D eigenvalue weighted by Crippen LogP contribution is -2.22. The van der Waals surface area contributed by atoms with Crippen molar-refractivity contribution in [1.82, 2.24) is 4.57 Å². The molecule has 0 saturated heterocycles. The number of aliphatic carboxylic acids is 1. The van der Waals surface area contributed by atoms with Crippen LogP contribution < -0.4 is 14.9 Å². The highest BCUT2D eigenvalue weighted by atomic mass is 16.5. The van der Waals surface area contributed by atoms with E-state index < -0.39 is 17.4 Å². The summed E-state index contributed by atoms with van der Waals surface area (Å²) in [4.78, 5) is 33.8. The van der Waals surface area contributed by atoms with E-state index in [9.17, 15) is 14.4 Å². The SMILES string of the molecule is COc1cc2c(cc1OCCCOCC(=O)O)CCn1cc(C(=O)O)c(=O)cc1-2. The highest BCUT2D eigenvalue weighted by Gasteiger charge is 2.22. The van der Waals surface area contributed by atoms with Crippen molar-refractivity contribution in [1.29, 1.82) is 0 Å². The van der Waals surface area contributed by atoms with Crippen LogP contribution in [0.1, 0.15) is 22.3 Å². The molecular weight excluding hydrogens is 382 g/mol. The summed E-state index contributed by atoms with van der Waals surface area (Å²) in [5.41, 5.74) is 1.59. The van der Waals surface area contributed by atoms with Crippen LogP contribution in [0.5, 0.6) is 11.5 Å². The number of methoxy groups -OCH3 is 1. The number of carboxylic acids is 2. The Labute approximate surface area is 166 Å². The summed E-state index contributed by atoms with van der Waals surface area (Å²) < 4.78 is 17.9. The number of fused-ring (bicyclic) bond motifs is 3. The number of hydrogen-bond donors (Lipinski definition) is 2. The maximum Gasteiger partial charge on any atom is 0.341 e. The number of ether oxygens (including phenoxy) is 3. The van der Waals surface area contributed by atoms with E-state index in [0.29, 0.717) is 43.2 Å². The zero-order valence-electron chi connectivity index (χ0n) is 15.8. The molecule has 0 bridgehead atoms. The molecule has 0 unspecified atom stereocenters. The first-order valence-electron chi connectivity index (χ1n) is 9.02.